The average Bonchev–Trinajstić information content (AvgIpc) is 3.09. The van der Waals surface area contributed by atoms with Crippen molar-refractivity contribution in [2.75, 3.05) is 0 Å². The summed E-state index contributed by atoms with van der Waals surface area (Å²) in [5.74, 6) is 0.0193. The van der Waals surface area contributed by atoms with E-state index in [0.717, 1.165) is 11.4 Å². The molecular weight excluding hydrogens is 252 g/mol. The van der Waals surface area contributed by atoms with E-state index in [9.17, 15) is 4.79 Å². The molecule has 3 aromatic rings. The normalized spacial score (nSPS) is 10.7. The zero-order chi connectivity index (χ0) is 13.9. The summed E-state index contributed by atoms with van der Waals surface area (Å²) in [6.45, 7) is 0. The molecule has 0 aliphatic heterocycles. The summed E-state index contributed by atoms with van der Waals surface area (Å²) >= 11 is 0. The van der Waals surface area contributed by atoms with Gasteiger partial charge in [-0.05, 0) is 18.2 Å². The van der Waals surface area contributed by atoms with Crippen molar-refractivity contribution in [1.82, 2.24) is 19.6 Å². The summed E-state index contributed by atoms with van der Waals surface area (Å²) in [6.07, 6.45) is 5.47. The van der Waals surface area contributed by atoms with Gasteiger partial charge in [-0.3, -0.25) is 9.48 Å². The number of rotatable bonds is 4. The Morgan fingerprint density at radius 3 is 2.70 bits per heavy atom. The second-order valence-corrected chi connectivity index (χ2v) is 4.59. The number of para-hydroxylation sites is 1. The van der Waals surface area contributed by atoms with Crippen molar-refractivity contribution >= 4 is 5.78 Å². The van der Waals surface area contributed by atoms with E-state index in [4.69, 9.17) is 0 Å². The SMILES string of the molecule is Cn1ccc(CC(=O)c2cnn(-c3ccccc3)c2)n1. The zero-order valence-electron chi connectivity index (χ0n) is 11.1. The van der Waals surface area contributed by atoms with Gasteiger partial charge in [0, 0.05) is 19.4 Å². The van der Waals surface area contributed by atoms with Crippen LogP contribution in [0.25, 0.3) is 5.69 Å². The van der Waals surface area contributed by atoms with Crippen LogP contribution in [0.3, 0.4) is 0 Å². The topological polar surface area (TPSA) is 52.7 Å². The lowest BCUT2D eigenvalue weighted by molar-refractivity contribution is 0.0992. The molecule has 0 fully saturated rings. The van der Waals surface area contributed by atoms with Gasteiger partial charge in [0.1, 0.15) is 0 Å². The predicted molar refractivity (Wildman–Crippen MR) is 74.8 cm³/mol. The number of carbonyl (C=O) groups excluding carboxylic acids is 1. The Morgan fingerprint density at radius 2 is 2.00 bits per heavy atom. The van der Waals surface area contributed by atoms with Crippen molar-refractivity contribution in [3.8, 4) is 5.69 Å². The largest absolute Gasteiger partial charge is 0.294 e. The van der Waals surface area contributed by atoms with Gasteiger partial charge in [0.2, 0.25) is 0 Å². The van der Waals surface area contributed by atoms with E-state index >= 15 is 0 Å². The van der Waals surface area contributed by atoms with Gasteiger partial charge in [-0.15, -0.1) is 0 Å². The van der Waals surface area contributed by atoms with Gasteiger partial charge in [-0.2, -0.15) is 10.2 Å². The molecule has 5 nitrogen and oxygen atoms in total. The number of ketones is 1. The first-order valence-electron chi connectivity index (χ1n) is 6.34. The fourth-order valence-electron chi connectivity index (χ4n) is 2.01. The molecule has 5 heteroatoms. The summed E-state index contributed by atoms with van der Waals surface area (Å²) in [5.41, 5.74) is 2.30. The summed E-state index contributed by atoms with van der Waals surface area (Å²) < 4.78 is 3.39. The quantitative estimate of drug-likeness (QED) is 0.679. The Bertz CT molecular complexity index is 727. The number of carbonyl (C=O) groups is 1. The molecule has 0 atom stereocenters. The van der Waals surface area contributed by atoms with E-state index in [2.05, 4.69) is 10.2 Å². The molecule has 2 aromatic heterocycles. The van der Waals surface area contributed by atoms with Crippen molar-refractivity contribution < 1.29 is 4.79 Å². The fraction of sp³-hybridized carbons (Fsp3) is 0.133. The van der Waals surface area contributed by atoms with Gasteiger partial charge >= 0.3 is 0 Å². The van der Waals surface area contributed by atoms with Gasteiger partial charge in [0.15, 0.2) is 5.78 Å². The molecular formula is C15H14N4O. The van der Waals surface area contributed by atoms with Crippen molar-refractivity contribution in [3.63, 3.8) is 0 Å². The van der Waals surface area contributed by atoms with Crippen LogP contribution in [0.4, 0.5) is 0 Å². The van der Waals surface area contributed by atoms with Crippen LogP contribution < -0.4 is 0 Å². The fourth-order valence-corrected chi connectivity index (χ4v) is 2.01. The molecule has 0 radical (unpaired) electrons. The van der Waals surface area contributed by atoms with Crippen LogP contribution in [-0.2, 0) is 13.5 Å². The number of Topliss-reactive ketones (excluding diaryl/α,β-unsaturated/α-hetero) is 1. The van der Waals surface area contributed by atoms with E-state index in [1.165, 1.54) is 0 Å². The molecule has 100 valence electrons. The molecule has 0 saturated heterocycles. The van der Waals surface area contributed by atoms with Crippen LogP contribution in [0, 0.1) is 0 Å². The molecule has 0 aliphatic carbocycles. The van der Waals surface area contributed by atoms with Crippen LogP contribution >= 0.6 is 0 Å². The first-order chi connectivity index (χ1) is 9.72. The molecule has 20 heavy (non-hydrogen) atoms. The van der Waals surface area contributed by atoms with E-state index in [-0.39, 0.29) is 5.78 Å². The minimum absolute atomic E-state index is 0.0193. The lowest BCUT2D eigenvalue weighted by atomic mass is 10.1. The second-order valence-electron chi connectivity index (χ2n) is 4.59. The first-order valence-corrected chi connectivity index (χ1v) is 6.34. The van der Waals surface area contributed by atoms with Gasteiger partial charge in [0.25, 0.3) is 0 Å². The van der Waals surface area contributed by atoms with Gasteiger partial charge in [-0.1, -0.05) is 18.2 Å². The highest BCUT2D eigenvalue weighted by Gasteiger charge is 2.11. The number of aromatic nitrogens is 4. The highest BCUT2D eigenvalue weighted by atomic mass is 16.1. The Balaban J connectivity index is 1.78. The summed E-state index contributed by atoms with van der Waals surface area (Å²) in [7, 11) is 1.83. The highest BCUT2D eigenvalue weighted by Crippen LogP contribution is 2.10. The van der Waals surface area contributed by atoms with Crippen molar-refractivity contribution in [2.24, 2.45) is 7.05 Å². The molecule has 2 heterocycles. The Labute approximate surface area is 116 Å². The molecule has 1 aromatic carbocycles. The lowest BCUT2D eigenvalue weighted by Crippen LogP contribution is -2.03. The predicted octanol–water partition coefficient (Wildman–Crippen LogP) is 2.03. The lowest BCUT2D eigenvalue weighted by Gasteiger charge is -1.99. The van der Waals surface area contributed by atoms with Crippen LogP contribution in [0.5, 0.6) is 0 Å². The number of hydrogen-bond donors (Lipinski definition) is 0. The molecule has 0 amide bonds. The van der Waals surface area contributed by atoms with Gasteiger partial charge in [-0.25, -0.2) is 4.68 Å². The summed E-state index contributed by atoms with van der Waals surface area (Å²) in [4.78, 5) is 12.2. The van der Waals surface area contributed by atoms with E-state index < -0.39 is 0 Å². The average molecular weight is 266 g/mol. The molecule has 0 aliphatic rings. The standard InChI is InChI=1S/C15H14N4O/c1-18-8-7-13(17-18)9-15(20)12-10-16-19(11-12)14-5-3-2-4-6-14/h2-8,10-11H,9H2,1H3. The maximum absolute atomic E-state index is 12.2. The van der Waals surface area contributed by atoms with Crippen LogP contribution in [0.2, 0.25) is 0 Å². The third kappa shape index (κ3) is 2.51. The molecule has 0 N–H and O–H groups in total. The smallest absolute Gasteiger partial charge is 0.172 e. The third-order valence-electron chi connectivity index (χ3n) is 3.04. The van der Waals surface area contributed by atoms with Crippen molar-refractivity contribution in [3.05, 3.63) is 66.2 Å². The van der Waals surface area contributed by atoms with Crippen LogP contribution in [0.1, 0.15) is 16.1 Å². The van der Waals surface area contributed by atoms with E-state index in [1.54, 1.807) is 21.8 Å². The van der Waals surface area contributed by atoms with Gasteiger partial charge in [0.05, 0.1) is 29.6 Å². The highest BCUT2D eigenvalue weighted by molar-refractivity contribution is 5.96. The van der Waals surface area contributed by atoms with Gasteiger partial charge < -0.3 is 0 Å². The second kappa shape index (κ2) is 5.13. The molecule has 3 rings (SSSR count). The Morgan fingerprint density at radius 1 is 1.20 bits per heavy atom. The van der Waals surface area contributed by atoms with Crippen molar-refractivity contribution in [2.45, 2.75) is 6.42 Å². The Kier molecular flexibility index (Phi) is 3.16. The number of hydrogen-bond acceptors (Lipinski definition) is 3. The monoisotopic (exact) mass is 266 g/mol. The van der Waals surface area contributed by atoms with Crippen LogP contribution in [0.15, 0.2) is 55.0 Å². The minimum atomic E-state index is 0.0193. The first kappa shape index (κ1) is 12.3. The summed E-state index contributed by atoms with van der Waals surface area (Å²) in [6, 6.07) is 11.6. The third-order valence-corrected chi connectivity index (χ3v) is 3.04. The molecule has 0 unspecified atom stereocenters. The number of benzene rings is 1. The maximum Gasteiger partial charge on any atom is 0.172 e. The summed E-state index contributed by atoms with van der Waals surface area (Å²) in [5, 5.41) is 8.43. The Hall–Kier alpha value is -2.69. The van der Waals surface area contributed by atoms with Crippen LogP contribution in [-0.4, -0.2) is 25.3 Å². The van der Waals surface area contributed by atoms with E-state index in [0.29, 0.717) is 12.0 Å². The van der Waals surface area contributed by atoms with E-state index in [1.807, 2.05) is 49.6 Å². The molecule has 0 spiro atoms. The number of nitrogens with zero attached hydrogens (tertiary/aromatic N) is 4. The molecule has 0 bridgehead atoms. The number of aryl methyl sites for hydroxylation is 1. The maximum atomic E-state index is 12.2. The zero-order valence-corrected chi connectivity index (χ0v) is 11.1. The molecule has 0 saturated carbocycles. The minimum Gasteiger partial charge on any atom is -0.294 e. The van der Waals surface area contributed by atoms with Crippen molar-refractivity contribution in [1.29, 1.82) is 0 Å².